The third-order valence-electron chi connectivity index (χ3n) is 4.75. The molecule has 1 aromatic carbocycles. The number of carbonyl (C=O) groups is 2. The number of aliphatic hydroxyl groups excluding tert-OH is 1. The number of ether oxygens (including phenoxy) is 2. The van der Waals surface area contributed by atoms with E-state index in [4.69, 9.17) is 14.6 Å². The molecule has 0 aromatic heterocycles. The molecule has 6 nitrogen and oxygen atoms in total. The van der Waals surface area contributed by atoms with Crippen molar-refractivity contribution in [1.29, 1.82) is 0 Å². The number of morpholine rings is 1. The van der Waals surface area contributed by atoms with E-state index in [9.17, 15) is 9.59 Å². The quantitative estimate of drug-likeness (QED) is 0.845. The molecule has 0 spiro atoms. The van der Waals surface area contributed by atoms with E-state index in [1.54, 1.807) is 24.3 Å². The Morgan fingerprint density at radius 2 is 1.96 bits per heavy atom. The molecule has 2 aliphatic rings. The summed E-state index contributed by atoms with van der Waals surface area (Å²) in [5.74, 6) is -0.683. The van der Waals surface area contributed by atoms with Crippen LogP contribution in [0, 0.1) is 0 Å². The number of esters is 1. The van der Waals surface area contributed by atoms with E-state index in [1.165, 1.54) is 0 Å². The molecule has 6 heteroatoms. The van der Waals surface area contributed by atoms with Crippen LogP contribution >= 0.6 is 0 Å². The van der Waals surface area contributed by atoms with E-state index < -0.39 is 5.97 Å². The van der Waals surface area contributed by atoms with Gasteiger partial charge in [0.05, 0.1) is 30.9 Å². The van der Waals surface area contributed by atoms with Gasteiger partial charge in [-0.1, -0.05) is 25.0 Å². The van der Waals surface area contributed by atoms with Crippen molar-refractivity contribution in [3.63, 3.8) is 0 Å². The second kappa shape index (κ2) is 7.77. The highest BCUT2D eigenvalue weighted by Gasteiger charge is 2.36. The SMILES string of the molecule is O=C(OCC(=O)N1CCO[C@H]2CCCC[C@H]21)c1ccc(CO)cc1. The van der Waals surface area contributed by atoms with E-state index in [1.807, 2.05) is 4.90 Å². The van der Waals surface area contributed by atoms with Crippen LogP contribution in [0.1, 0.15) is 41.6 Å². The second-order valence-electron chi connectivity index (χ2n) is 6.28. The Hall–Kier alpha value is -1.92. The van der Waals surface area contributed by atoms with E-state index >= 15 is 0 Å². The number of rotatable bonds is 4. The first-order valence-corrected chi connectivity index (χ1v) is 8.47. The van der Waals surface area contributed by atoms with Crippen LogP contribution in [-0.4, -0.2) is 53.8 Å². The summed E-state index contributed by atoms with van der Waals surface area (Å²) in [6.07, 6.45) is 4.31. The Balaban J connectivity index is 1.55. The lowest BCUT2D eigenvalue weighted by molar-refractivity contribution is -0.152. The van der Waals surface area contributed by atoms with Crippen LogP contribution in [0.2, 0.25) is 0 Å². The van der Waals surface area contributed by atoms with Crippen LogP contribution in [0.3, 0.4) is 0 Å². The minimum atomic E-state index is -0.527. The fourth-order valence-corrected chi connectivity index (χ4v) is 3.45. The van der Waals surface area contributed by atoms with Crippen LogP contribution in [0.15, 0.2) is 24.3 Å². The number of benzene rings is 1. The van der Waals surface area contributed by atoms with Crippen LogP contribution in [0.25, 0.3) is 0 Å². The van der Waals surface area contributed by atoms with Gasteiger partial charge in [-0.2, -0.15) is 0 Å². The number of carbonyl (C=O) groups excluding carboxylic acids is 2. The molecular formula is C18H23NO5. The minimum absolute atomic E-state index is 0.0760. The zero-order valence-electron chi connectivity index (χ0n) is 13.6. The summed E-state index contributed by atoms with van der Waals surface area (Å²) in [5.41, 5.74) is 1.09. The molecule has 3 rings (SSSR count). The summed E-state index contributed by atoms with van der Waals surface area (Å²) in [5, 5.41) is 9.01. The van der Waals surface area contributed by atoms with E-state index in [0.29, 0.717) is 18.7 Å². The van der Waals surface area contributed by atoms with Gasteiger partial charge >= 0.3 is 5.97 Å². The summed E-state index contributed by atoms with van der Waals surface area (Å²) < 4.78 is 10.9. The van der Waals surface area contributed by atoms with Gasteiger partial charge in [0.15, 0.2) is 6.61 Å². The number of aliphatic hydroxyl groups is 1. The normalized spacial score (nSPS) is 23.5. The first-order chi connectivity index (χ1) is 11.7. The predicted octanol–water partition coefficient (Wildman–Crippen LogP) is 1.51. The highest BCUT2D eigenvalue weighted by atomic mass is 16.5. The van der Waals surface area contributed by atoms with Crippen LogP contribution in [0.4, 0.5) is 0 Å². The monoisotopic (exact) mass is 333 g/mol. The molecule has 0 bridgehead atoms. The molecule has 1 saturated carbocycles. The molecule has 130 valence electrons. The van der Waals surface area contributed by atoms with E-state index in [0.717, 1.165) is 31.2 Å². The largest absolute Gasteiger partial charge is 0.452 e. The number of hydrogen-bond acceptors (Lipinski definition) is 5. The summed E-state index contributed by atoms with van der Waals surface area (Å²) in [6.45, 7) is 0.781. The number of hydrogen-bond donors (Lipinski definition) is 1. The Morgan fingerprint density at radius 1 is 1.21 bits per heavy atom. The fraction of sp³-hybridized carbons (Fsp3) is 0.556. The Bertz CT molecular complexity index is 584. The Kier molecular flexibility index (Phi) is 5.48. The van der Waals surface area contributed by atoms with Crippen LogP contribution < -0.4 is 0 Å². The van der Waals surface area contributed by atoms with Gasteiger partial charge in [0.1, 0.15) is 0 Å². The van der Waals surface area contributed by atoms with E-state index in [2.05, 4.69) is 0 Å². The maximum absolute atomic E-state index is 12.4. The molecule has 1 saturated heterocycles. The van der Waals surface area contributed by atoms with Crippen molar-refractivity contribution in [2.45, 2.75) is 44.4 Å². The molecular weight excluding hydrogens is 310 g/mol. The fourth-order valence-electron chi connectivity index (χ4n) is 3.45. The summed E-state index contributed by atoms with van der Waals surface area (Å²) in [7, 11) is 0. The van der Waals surface area contributed by atoms with Crippen molar-refractivity contribution in [3.05, 3.63) is 35.4 Å². The number of amides is 1. The molecule has 1 aliphatic heterocycles. The lowest BCUT2D eigenvalue weighted by Crippen LogP contribution is -2.55. The highest BCUT2D eigenvalue weighted by Crippen LogP contribution is 2.28. The molecule has 2 atom stereocenters. The van der Waals surface area contributed by atoms with Crippen molar-refractivity contribution in [2.24, 2.45) is 0 Å². The smallest absolute Gasteiger partial charge is 0.338 e. The standard InChI is InChI=1S/C18H23NO5/c20-11-13-5-7-14(8-6-13)18(22)24-12-17(21)19-9-10-23-16-4-2-1-3-15(16)19/h5-8,15-16,20H,1-4,9-12H2/t15-,16+/m1/s1. The molecule has 2 fully saturated rings. The average Bonchev–Trinajstić information content (AvgIpc) is 2.65. The molecule has 24 heavy (non-hydrogen) atoms. The van der Waals surface area contributed by atoms with Gasteiger partial charge < -0.3 is 19.5 Å². The van der Waals surface area contributed by atoms with Crippen molar-refractivity contribution in [3.8, 4) is 0 Å². The van der Waals surface area contributed by atoms with Crippen molar-refractivity contribution >= 4 is 11.9 Å². The van der Waals surface area contributed by atoms with Gasteiger partial charge in [-0.05, 0) is 30.5 Å². The average molecular weight is 333 g/mol. The third-order valence-corrected chi connectivity index (χ3v) is 4.75. The van der Waals surface area contributed by atoms with Crippen LogP contribution in [0.5, 0.6) is 0 Å². The maximum Gasteiger partial charge on any atom is 0.338 e. The van der Waals surface area contributed by atoms with Crippen molar-refractivity contribution in [2.75, 3.05) is 19.8 Å². The zero-order chi connectivity index (χ0) is 16.9. The molecule has 1 amide bonds. The molecule has 1 aliphatic carbocycles. The Morgan fingerprint density at radius 3 is 2.71 bits per heavy atom. The van der Waals surface area contributed by atoms with Crippen LogP contribution in [-0.2, 0) is 20.9 Å². The lowest BCUT2D eigenvalue weighted by Gasteiger charge is -2.43. The molecule has 0 radical (unpaired) electrons. The van der Waals surface area contributed by atoms with Gasteiger partial charge in [0.25, 0.3) is 5.91 Å². The minimum Gasteiger partial charge on any atom is -0.452 e. The predicted molar refractivity (Wildman–Crippen MR) is 86.4 cm³/mol. The summed E-state index contributed by atoms with van der Waals surface area (Å²) in [6, 6.07) is 6.61. The lowest BCUT2D eigenvalue weighted by atomic mass is 9.90. The molecule has 1 aromatic rings. The molecule has 1 heterocycles. The van der Waals surface area contributed by atoms with Gasteiger partial charge in [0.2, 0.25) is 0 Å². The maximum atomic E-state index is 12.4. The van der Waals surface area contributed by atoms with Gasteiger partial charge in [-0.25, -0.2) is 4.79 Å². The Labute approximate surface area is 141 Å². The van der Waals surface area contributed by atoms with Crippen molar-refractivity contribution < 1.29 is 24.2 Å². The third kappa shape index (κ3) is 3.76. The number of fused-ring (bicyclic) bond motifs is 1. The summed E-state index contributed by atoms with van der Waals surface area (Å²) >= 11 is 0. The topological polar surface area (TPSA) is 76.1 Å². The highest BCUT2D eigenvalue weighted by molar-refractivity contribution is 5.91. The first kappa shape index (κ1) is 16.9. The molecule has 1 N–H and O–H groups in total. The van der Waals surface area contributed by atoms with Gasteiger partial charge in [-0.15, -0.1) is 0 Å². The van der Waals surface area contributed by atoms with Crippen molar-refractivity contribution in [1.82, 2.24) is 4.90 Å². The number of nitrogens with zero attached hydrogens (tertiary/aromatic N) is 1. The molecule has 0 unspecified atom stereocenters. The summed E-state index contributed by atoms with van der Waals surface area (Å²) in [4.78, 5) is 26.3. The second-order valence-corrected chi connectivity index (χ2v) is 6.28. The van der Waals surface area contributed by atoms with Gasteiger partial charge in [0, 0.05) is 6.54 Å². The van der Waals surface area contributed by atoms with Gasteiger partial charge in [-0.3, -0.25) is 4.79 Å². The van der Waals surface area contributed by atoms with E-state index in [-0.39, 0.29) is 31.3 Å². The zero-order valence-corrected chi connectivity index (χ0v) is 13.6. The first-order valence-electron chi connectivity index (χ1n) is 8.47.